The van der Waals surface area contributed by atoms with Gasteiger partial charge in [-0.05, 0) is 35.9 Å². The van der Waals surface area contributed by atoms with Crippen molar-refractivity contribution in [3.05, 3.63) is 95.4 Å². The minimum atomic E-state index is -4.69. The Morgan fingerprint density at radius 2 is 1.64 bits per heavy atom. The van der Waals surface area contributed by atoms with Crippen LogP contribution >= 0.6 is 0 Å². The number of carbonyl (C=O) groups is 1. The van der Waals surface area contributed by atoms with E-state index in [2.05, 4.69) is 4.98 Å². The maximum Gasteiger partial charge on any atom is 0.433 e. The zero-order valence-electron chi connectivity index (χ0n) is 17.0. The van der Waals surface area contributed by atoms with Crippen LogP contribution in [0.3, 0.4) is 0 Å². The lowest BCUT2D eigenvalue weighted by atomic mass is 10.1. The van der Waals surface area contributed by atoms with Gasteiger partial charge in [0.25, 0.3) is 0 Å². The van der Waals surface area contributed by atoms with E-state index in [0.717, 1.165) is 12.3 Å². The summed E-state index contributed by atoms with van der Waals surface area (Å²) in [6.07, 6.45) is -4.05. The summed E-state index contributed by atoms with van der Waals surface area (Å²) in [5.74, 6) is -1.16. The molecule has 0 bridgehead atoms. The number of alkyl halides is 3. The first-order chi connectivity index (χ1) is 15.6. The molecule has 2 aromatic carbocycles. The van der Waals surface area contributed by atoms with Gasteiger partial charge in [0.2, 0.25) is 9.84 Å². The lowest BCUT2D eigenvalue weighted by molar-refractivity contribution is -0.141. The number of carboxylic acid groups (broad SMARTS) is 1. The predicted octanol–water partition coefficient (Wildman–Crippen LogP) is 4.40. The Morgan fingerprint density at radius 3 is 2.30 bits per heavy atom. The van der Waals surface area contributed by atoms with Crippen LogP contribution in [0.2, 0.25) is 0 Å². The third-order valence-electron chi connectivity index (χ3n) is 5.09. The molecule has 0 saturated heterocycles. The normalized spacial score (nSPS) is 12.2. The van der Waals surface area contributed by atoms with E-state index >= 15 is 0 Å². The summed E-state index contributed by atoms with van der Waals surface area (Å²) in [6, 6.07) is 16.2. The number of halogens is 3. The molecular weight excluding hydrogens is 457 g/mol. The largest absolute Gasteiger partial charge is 0.481 e. The van der Waals surface area contributed by atoms with Gasteiger partial charge in [-0.15, -0.1) is 0 Å². The maximum absolute atomic E-state index is 13.3. The SMILES string of the molecule is O=C(O)Cc1cc(Cc2ccccc2S(=O)(=O)c2ccccc2)c2nc(C(F)(F)F)ccn12. The maximum atomic E-state index is 13.3. The number of fused-ring (bicyclic) bond motifs is 1. The molecule has 0 saturated carbocycles. The monoisotopic (exact) mass is 474 g/mol. The highest BCUT2D eigenvalue weighted by Crippen LogP contribution is 2.31. The van der Waals surface area contributed by atoms with Gasteiger partial charge in [-0.25, -0.2) is 13.4 Å². The standard InChI is InChI=1S/C23H17F3N2O4S/c24-23(25,26)20-10-11-28-17(14-21(29)30)13-16(22(28)27-20)12-15-6-4-5-9-19(15)33(31,32)18-7-2-1-3-8-18/h1-11,13H,12,14H2,(H,29,30). The molecule has 10 heteroatoms. The number of aromatic nitrogens is 2. The zero-order chi connectivity index (χ0) is 23.8. The lowest BCUT2D eigenvalue weighted by Gasteiger charge is -2.11. The molecule has 0 amide bonds. The van der Waals surface area contributed by atoms with Crippen molar-refractivity contribution >= 4 is 21.5 Å². The molecule has 0 aliphatic carbocycles. The van der Waals surface area contributed by atoms with E-state index in [0.29, 0.717) is 5.56 Å². The topological polar surface area (TPSA) is 88.7 Å². The molecule has 4 rings (SSSR count). The molecule has 0 aliphatic heterocycles. The number of rotatable bonds is 6. The highest BCUT2D eigenvalue weighted by Gasteiger charge is 2.33. The lowest BCUT2D eigenvalue weighted by Crippen LogP contribution is -2.10. The second-order valence-corrected chi connectivity index (χ2v) is 9.25. The fourth-order valence-electron chi connectivity index (χ4n) is 3.64. The Kier molecular flexibility index (Phi) is 5.71. The molecule has 0 unspecified atom stereocenters. The number of sulfone groups is 1. The first kappa shape index (κ1) is 22.5. The van der Waals surface area contributed by atoms with Gasteiger partial charge >= 0.3 is 12.1 Å². The minimum absolute atomic E-state index is 0.0160. The van der Waals surface area contributed by atoms with Gasteiger partial charge in [-0.3, -0.25) is 4.79 Å². The van der Waals surface area contributed by atoms with Crippen LogP contribution < -0.4 is 0 Å². The first-order valence-corrected chi connectivity index (χ1v) is 11.2. The smallest absolute Gasteiger partial charge is 0.433 e. The van der Waals surface area contributed by atoms with Crippen LogP contribution in [0.5, 0.6) is 0 Å². The Labute approximate surface area is 186 Å². The van der Waals surface area contributed by atoms with Gasteiger partial charge in [-0.2, -0.15) is 13.2 Å². The van der Waals surface area contributed by atoms with Crippen molar-refractivity contribution in [1.29, 1.82) is 0 Å². The number of hydrogen-bond acceptors (Lipinski definition) is 4. The average molecular weight is 474 g/mol. The van der Waals surface area contributed by atoms with Crippen LogP contribution in [0.15, 0.2) is 82.7 Å². The van der Waals surface area contributed by atoms with E-state index in [1.807, 2.05) is 0 Å². The van der Waals surface area contributed by atoms with Crippen molar-refractivity contribution < 1.29 is 31.5 Å². The number of aliphatic carboxylic acids is 1. The molecule has 0 spiro atoms. The Hall–Kier alpha value is -3.66. The quantitative estimate of drug-likeness (QED) is 0.447. The summed E-state index contributed by atoms with van der Waals surface area (Å²) in [5, 5.41) is 9.19. The number of benzene rings is 2. The molecular formula is C23H17F3N2O4S. The molecule has 0 aliphatic rings. The summed E-state index contributed by atoms with van der Waals surface area (Å²) < 4.78 is 67.4. The van der Waals surface area contributed by atoms with Crippen LogP contribution in [0.25, 0.3) is 5.65 Å². The fourth-order valence-corrected chi connectivity index (χ4v) is 5.15. The van der Waals surface area contributed by atoms with Crippen LogP contribution in [0.1, 0.15) is 22.5 Å². The van der Waals surface area contributed by atoms with Crippen molar-refractivity contribution in [2.45, 2.75) is 28.8 Å². The molecule has 2 heterocycles. The summed E-state index contributed by atoms with van der Waals surface area (Å²) in [4.78, 5) is 15.1. The zero-order valence-corrected chi connectivity index (χ0v) is 17.8. The van der Waals surface area contributed by atoms with Crippen molar-refractivity contribution in [1.82, 2.24) is 9.38 Å². The van der Waals surface area contributed by atoms with Gasteiger partial charge in [0.1, 0.15) is 11.3 Å². The predicted molar refractivity (Wildman–Crippen MR) is 113 cm³/mol. The molecule has 33 heavy (non-hydrogen) atoms. The summed E-state index contributed by atoms with van der Waals surface area (Å²) >= 11 is 0. The second-order valence-electron chi connectivity index (χ2n) is 7.34. The molecule has 4 aromatic rings. The molecule has 1 N–H and O–H groups in total. The van der Waals surface area contributed by atoms with Gasteiger partial charge in [-0.1, -0.05) is 36.4 Å². The molecule has 170 valence electrons. The fraction of sp³-hybridized carbons (Fsp3) is 0.130. The van der Waals surface area contributed by atoms with Gasteiger partial charge in [0.05, 0.1) is 16.2 Å². The molecule has 6 nitrogen and oxygen atoms in total. The van der Waals surface area contributed by atoms with E-state index in [9.17, 15) is 31.5 Å². The van der Waals surface area contributed by atoms with Crippen LogP contribution in [0.4, 0.5) is 13.2 Å². The summed E-state index contributed by atoms with van der Waals surface area (Å²) in [7, 11) is -3.89. The van der Waals surface area contributed by atoms with E-state index in [4.69, 9.17) is 0 Å². The van der Waals surface area contributed by atoms with Crippen LogP contribution in [0, 0.1) is 0 Å². The summed E-state index contributed by atoms with van der Waals surface area (Å²) in [6.45, 7) is 0. The Bertz CT molecular complexity index is 1450. The highest BCUT2D eigenvalue weighted by atomic mass is 32.2. The molecule has 0 radical (unpaired) electrons. The number of nitrogens with zero attached hydrogens (tertiary/aromatic N) is 2. The Morgan fingerprint density at radius 1 is 0.970 bits per heavy atom. The molecule has 0 atom stereocenters. The van der Waals surface area contributed by atoms with Gasteiger partial charge in [0, 0.05) is 23.9 Å². The van der Waals surface area contributed by atoms with Crippen molar-refractivity contribution in [3.8, 4) is 0 Å². The molecule has 0 fully saturated rings. The third-order valence-corrected chi connectivity index (χ3v) is 6.96. The van der Waals surface area contributed by atoms with E-state index in [1.54, 1.807) is 36.4 Å². The highest BCUT2D eigenvalue weighted by molar-refractivity contribution is 7.91. The van der Waals surface area contributed by atoms with Crippen molar-refractivity contribution in [2.24, 2.45) is 0 Å². The number of carboxylic acids is 1. The van der Waals surface area contributed by atoms with Gasteiger partial charge < -0.3 is 9.51 Å². The first-order valence-electron chi connectivity index (χ1n) is 9.74. The average Bonchev–Trinajstić information content (AvgIpc) is 3.10. The van der Waals surface area contributed by atoms with Crippen molar-refractivity contribution in [3.63, 3.8) is 0 Å². The van der Waals surface area contributed by atoms with Crippen molar-refractivity contribution in [2.75, 3.05) is 0 Å². The van der Waals surface area contributed by atoms with E-state index in [1.165, 1.54) is 28.7 Å². The van der Waals surface area contributed by atoms with E-state index < -0.39 is 34.1 Å². The minimum Gasteiger partial charge on any atom is -0.481 e. The third kappa shape index (κ3) is 4.47. The van der Waals surface area contributed by atoms with E-state index in [-0.39, 0.29) is 33.1 Å². The molecule has 2 aromatic heterocycles. The van der Waals surface area contributed by atoms with Crippen LogP contribution in [-0.4, -0.2) is 28.9 Å². The Balaban J connectivity index is 1.86. The number of hydrogen-bond donors (Lipinski definition) is 1. The second kappa shape index (κ2) is 8.36. The summed E-state index contributed by atoms with van der Waals surface area (Å²) in [5.41, 5.74) is -0.325. The van der Waals surface area contributed by atoms with Crippen LogP contribution in [-0.2, 0) is 33.6 Å². The van der Waals surface area contributed by atoms with Gasteiger partial charge in [0.15, 0.2) is 0 Å².